The highest BCUT2D eigenvalue weighted by atomic mass is 16.3. The summed E-state index contributed by atoms with van der Waals surface area (Å²) in [7, 11) is 0. The minimum atomic E-state index is 0.201. The molecule has 0 N–H and O–H groups in total. The number of piperidine rings is 1. The maximum Gasteiger partial charge on any atom is 0.223 e. The van der Waals surface area contributed by atoms with E-state index in [2.05, 4.69) is 29.2 Å². The molecule has 4 rings (SSSR count). The summed E-state index contributed by atoms with van der Waals surface area (Å²) in [6.07, 6.45) is 6.41. The normalized spacial score (nSPS) is 19.8. The Morgan fingerprint density at radius 1 is 0.875 bits per heavy atom. The second-order valence-electron chi connectivity index (χ2n) is 9.11. The third-order valence-electron chi connectivity index (χ3n) is 6.78. The van der Waals surface area contributed by atoms with Crippen LogP contribution in [-0.4, -0.2) is 65.8 Å². The molecule has 2 aromatic rings. The highest BCUT2D eigenvalue weighted by Crippen LogP contribution is 2.23. The number of hydrogen-bond donors (Lipinski definition) is 0. The van der Waals surface area contributed by atoms with Crippen LogP contribution in [0.2, 0.25) is 0 Å². The van der Waals surface area contributed by atoms with Crippen molar-refractivity contribution in [3.63, 3.8) is 0 Å². The minimum Gasteiger partial charge on any atom is -0.469 e. The van der Waals surface area contributed by atoms with Gasteiger partial charge in [-0.2, -0.15) is 0 Å². The summed E-state index contributed by atoms with van der Waals surface area (Å²) >= 11 is 0. The van der Waals surface area contributed by atoms with Gasteiger partial charge < -0.3 is 14.2 Å². The number of furan rings is 1. The van der Waals surface area contributed by atoms with Crippen molar-refractivity contribution in [3.8, 4) is 0 Å². The third kappa shape index (κ3) is 6.45. The van der Waals surface area contributed by atoms with Gasteiger partial charge in [0.05, 0.1) is 6.26 Å². The summed E-state index contributed by atoms with van der Waals surface area (Å²) in [6, 6.07) is 14.3. The molecular weight excluding hydrogens is 402 g/mol. The first kappa shape index (κ1) is 22.6. The van der Waals surface area contributed by atoms with E-state index in [1.807, 2.05) is 28.0 Å². The van der Waals surface area contributed by atoms with Gasteiger partial charge in [-0.15, -0.1) is 0 Å². The van der Waals surface area contributed by atoms with Crippen LogP contribution in [0, 0.1) is 5.92 Å². The monoisotopic (exact) mass is 437 g/mol. The Morgan fingerprint density at radius 2 is 1.66 bits per heavy atom. The molecule has 2 saturated heterocycles. The number of rotatable bonds is 8. The molecule has 0 radical (unpaired) electrons. The quantitative estimate of drug-likeness (QED) is 0.634. The first-order valence-corrected chi connectivity index (χ1v) is 12.0. The van der Waals surface area contributed by atoms with Gasteiger partial charge >= 0.3 is 0 Å². The van der Waals surface area contributed by atoms with Gasteiger partial charge in [-0.25, -0.2) is 0 Å². The largest absolute Gasteiger partial charge is 0.469 e. The van der Waals surface area contributed by atoms with Crippen molar-refractivity contribution < 1.29 is 14.0 Å². The smallest absolute Gasteiger partial charge is 0.223 e. The van der Waals surface area contributed by atoms with Crippen LogP contribution in [0.5, 0.6) is 0 Å². The molecule has 1 aromatic carbocycles. The lowest BCUT2D eigenvalue weighted by atomic mass is 9.92. The molecule has 6 heteroatoms. The fraction of sp³-hybridized carbons (Fsp3) is 0.538. The average Bonchev–Trinajstić information content (AvgIpc) is 3.36. The van der Waals surface area contributed by atoms with Gasteiger partial charge in [-0.3, -0.25) is 14.5 Å². The first-order chi connectivity index (χ1) is 15.7. The second-order valence-corrected chi connectivity index (χ2v) is 9.11. The second kappa shape index (κ2) is 11.3. The van der Waals surface area contributed by atoms with Gasteiger partial charge in [0, 0.05) is 65.1 Å². The zero-order valence-electron chi connectivity index (χ0n) is 19.0. The number of amides is 2. The van der Waals surface area contributed by atoms with Gasteiger partial charge in [0.1, 0.15) is 5.76 Å². The third-order valence-corrected chi connectivity index (χ3v) is 6.78. The summed E-state index contributed by atoms with van der Waals surface area (Å²) < 4.78 is 5.34. The van der Waals surface area contributed by atoms with Crippen molar-refractivity contribution in [3.05, 3.63) is 60.1 Å². The molecule has 2 amide bonds. The van der Waals surface area contributed by atoms with E-state index in [0.29, 0.717) is 25.2 Å². The number of hydrogen-bond acceptors (Lipinski definition) is 4. The van der Waals surface area contributed by atoms with E-state index >= 15 is 0 Å². The number of nitrogens with zero attached hydrogens (tertiary/aromatic N) is 3. The summed E-state index contributed by atoms with van der Waals surface area (Å²) in [5.41, 5.74) is 1.33. The molecule has 2 aliphatic heterocycles. The van der Waals surface area contributed by atoms with Crippen LogP contribution in [0.3, 0.4) is 0 Å². The first-order valence-electron chi connectivity index (χ1n) is 12.0. The topological polar surface area (TPSA) is 57.0 Å². The number of benzene rings is 1. The number of likely N-dealkylation sites (tertiary alicyclic amines) is 1. The Bertz CT molecular complexity index is 844. The lowest BCUT2D eigenvalue weighted by Gasteiger charge is -2.36. The van der Waals surface area contributed by atoms with Crippen LogP contribution in [0.25, 0.3) is 0 Å². The number of piperazine rings is 1. The SMILES string of the molecule is O=C(CC[C@@H]1CCCN(C(=O)CCc2ccco2)C1)N1CCN(Cc2ccccc2)CC1. The number of carbonyl (C=O) groups excluding carboxylic acids is 2. The number of aryl methyl sites for hydroxylation is 1. The average molecular weight is 438 g/mol. The molecule has 0 aliphatic carbocycles. The van der Waals surface area contributed by atoms with Gasteiger partial charge in [0.25, 0.3) is 0 Å². The highest BCUT2D eigenvalue weighted by Gasteiger charge is 2.26. The van der Waals surface area contributed by atoms with E-state index in [1.54, 1.807) is 6.26 Å². The van der Waals surface area contributed by atoms with Crippen molar-refractivity contribution in [2.75, 3.05) is 39.3 Å². The Kier molecular flexibility index (Phi) is 7.99. The zero-order chi connectivity index (χ0) is 22.2. The molecule has 0 bridgehead atoms. The van der Waals surface area contributed by atoms with E-state index in [9.17, 15) is 9.59 Å². The fourth-order valence-corrected chi connectivity index (χ4v) is 4.85. The maximum atomic E-state index is 12.8. The fourth-order valence-electron chi connectivity index (χ4n) is 4.85. The van der Waals surface area contributed by atoms with E-state index in [4.69, 9.17) is 4.42 Å². The molecule has 2 aliphatic rings. The van der Waals surface area contributed by atoms with Gasteiger partial charge in [0.15, 0.2) is 0 Å². The lowest BCUT2D eigenvalue weighted by molar-refractivity contribution is -0.134. The van der Waals surface area contributed by atoms with Crippen molar-refractivity contribution >= 4 is 11.8 Å². The Labute approximate surface area is 191 Å². The predicted octanol–water partition coefficient (Wildman–Crippen LogP) is 3.58. The van der Waals surface area contributed by atoms with Crippen LogP contribution in [0.15, 0.2) is 53.1 Å². The summed E-state index contributed by atoms with van der Waals surface area (Å²) in [6.45, 7) is 6.07. The predicted molar refractivity (Wildman–Crippen MR) is 124 cm³/mol. The molecular formula is C26H35N3O3. The van der Waals surface area contributed by atoms with Crippen LogP contribution in [0.4, 0.5) is 0 Å². The molecule has 32 heavy (non-hydrogen) atoms. The summed E-state index contributed by atoms with van der Waals surface area (Å²) in [5.74, 6) is 1.76. The van der Waals surface area contributed by atoms with Gasteiger partial charge in [-0.05, 0) is 42.9 Å². The van der Waals surface area contributed by atoms with Crippen molar-refractivity contribution in [1.82, 2.24) is 14.7 Å². The molecule has 6 nitrogen and oxygen atoms in total. The summed E-state index contributed by atoms with van der Waals surface area (Å²) in [5, 5.41) is 0. The lowest BCUT2D eigenvalue weighted by Crippen LogP contribution is -2.48. The van der Waals surface area contributed by atoms with Crippen molar-refractivity contribution in [2.45, 2.75) is 45.1 Å². The van der Waals surface area contributed by atoms with E-state index in [0.717, 1.165) is 70.8 Å². The van der Waals surface area contributed by atoms with Crippen LogP contribution < -0.4 is 0 Å². The molecule has 1 aromatic heterocycles. The molecule has 2 fully saturated rings. The Balaban J connectivity index is 1.15. The summed E-state index contributed by atoms with van der Waals surface area (Å²) in [4.78, 5) is 31.8. The minimum absolute atomic E-state index is 0.201. The van der Waals surface area contributed by atoms with Gasteiger partial charge in [-0.1, -0.05) is 30.3 Å². The van der Waals surface area contributed by atoms with Crippen molar-refractivity contribution in [1.29, 1.82) is 0 Å². The van der Waals surface area contributed by atoms with Gasteiger partial charge in [0.2, 0.25) is 11.8 Å². The highest BCUT2D eigenvalue weighted by molar-refractivity contribution is 5.77. The molecule has 0 unspecified atom stereocenters. The molecule has 3 heterocycles. The van der Waals surface area contributed by atoms with E-state index < -0.39 is 0 Å². The van der Waals surface area contributed by atoms with E-state index in [-0.39, 0.29) is 11.8 Å². The van der Waals surface area contributed by atoms with E-state index in [1.165, 1.54) is 5.56 Å². The van der Waals surface area contributed by atoms with Crippen LogP contribution in [0.1, 0.15) is 43.4 Å². The molecule has 0 spiro atoms. The molecule has 0 saturated carbocycles. The molecule has 1 atom stereocenters. The zero-order valence-corrected chi connectivity index (χ0v) is 19.0. The standard InChI is InChI=1S/C26H35N3O3/c30-25(28-17-15-27(16-18-28)20-22-6-2-1-3-7-22)12-10-23-8-4-14-29(21-23)26(31)13-11-24-9-5-19-32-24/h1-3,5-7,9,19,23H,4,8,10-18,20-21H2/t23-/m0/s1. The number of carbonyl (C=O) groups is 2. The van der Waals surface area contributed by atoms with Crippen LogP contribution >= 0.6 is 0 Å². The Morgan fingerprint density at radius 3 is 2.41 bits per heavy atom. The van der Waals surface area contributed by atoms with Crippen LogP contribution in [-0.2, 0) is 22.6 Å². The Hall–Kier alpha value is -2.60. The maximum absolute atomic E-state index is 12.8. The van der Waals surface area contributed by atoms with Crippen molar-refractivity contribution in [2.24, 2.45) is 5.92 Å². The molecule has 172 valence electrons.